The zero-order valence-corrected chi connectivity index (χ0v) is 9.17. The van der Waals surface area contributed by atoms with E-state index in [1.165, 1.54) is 5.56 Å². The minimum atomic E-state index is 0.165. The lowest BCUT2D eigenvalue weighted by atomic mass is 10.1. The Morgan fingerprint density at radius 2 is 2.06 bits per heavy atom. The van der Waals surface area contributed by atoms with E-state index in [1.54, 1.807) is 11.1 Å². The maximum Gasteiger partial charge on any atom is 0.227 e. The first kappa shape index (κ1) is 10.7. The van der Waals surface area contributed by atoms with Gasteiger partial charge < -0.3 is 4.90 Å². The molecule has 1 saturated heterocycles. The van der Waals surface area contributed by atoms with Crippen LogP contribution in [0.1, 0.15) is 12.0 Å². The molecule has 16 heavy (non-hydrogen) atoms. The van der Waals surface area contributed by atoms with Gasteiger partial charge in [0.25, 0.3) is 0 Å². The van der Waals surface area contributed by atoms with E-state index >= 15 is 0 Å². The molecule has 1 unspecified atom stereocenters. The van der Waals surface area contributed by atoms with Crippen LogP contribution < -0.4 is 0 Å². The predicted octanol–water partition coefficient (Wildman–Crippen LogP) is 2.69. The monoisotopic (exact) mass is 213 g/mol. The van der Waals surface area contributed by atoms with E-state index in [9.17, 15) is 4.79 Å². The molecule has 1 aromatic rings. The number of hydrogen-bond acceptors (Lipinski definition) is 1. The van der Waals surface area contributed by atoms with E-state index in [2.05, 4.69) is 30.9 Å². The van der Waals surface area contributed by atoms with Crippen LogP contribution in [0.25, 0.3) is 6.08 Å². The molecule has 1 aromatic carbocycles. The van der Waals surface area contributed by atoms with Crippen LogP contribution in [0, 0.1) is 5.92 Å². The molecular formula is C14H15NO. The second-order valence-corrected chi connectivity index (χ2v) is 3.96. The Balaban J connectivity index is 1.99. The second-order valence-electron chi connectivity index (χ2n) is 3.96. The van der Waals surface area contributed by atoms with Gasteiger partial charge in [0.05, 0.1) is 0 Å². The van der Waals surface area contributed by atoms with Gasteiger partial charge in [0.2, 0.25) is 5.91 Å². The standard InChI is InChI=1S/C14H15NO/c1-2-15-11-13(10-14(15)16)9-8-12-6-4-3-5-7-12/h2-9,13H,1,10-11H2. The molecule has 2 rings (SSSR count). The largest absolute Gasteiger partial charge is 0.319 e. The highest BCUT2D eigenvalue weighted by molar-refractivity contribution is 5.80. The van der Waals surface area contributed by atoms with Gasteiger partial charge in [0.15, 0.2) is 0 Å². The highest BCUT2D eigenvalue weighted by Crippen LogP contribution is 2.19. The van der Waals surface area contributed by atoms with Crippen LogP contribution in [0.15, 0.2) is 49.2 Å². The number of carbonyl (C=O) groups is 1. The second kappa shape index (κ2) is 4.79. The fourth-order valence-electron chi connectivity index (χ4n) is 1.88. The molecule has 0 N–H and O–H groups in total. The van der Waals surface area contributed by atoms with Crippen molar-refractivity contribution in [3.8, 4) is 0 Å². The third-order valence-electron chi connectivity index (χ3n) is 2.77. The Morgan fingerprint density at radius 1 is 1.31 bits per heavy atom. The van der Waals surface area contributed by atoms with E-state index in [4.69, 9.17) is 0 Å². The summed E-state index contributed by atoms with van der Waals surface area (Å²) in [5, 5.41) is 0. The fourth-order valence-corrected chi connectivity index (χ4v) is 1.88. The molecule has 0 bridgehead atoms. The number of hydrogen-bond donors (Lipinski definition) is 0. The summed E-state index contributed by atoms with van der Waals surface area (Å²) >= 11 is 0. The lowest BCUT2D eigenvalue weighted by Gasteiger charge is -2.07. The minimum absolute atomic E-state index is 0.165. The molecule has 1 atom stereocenters. The SMILES string of the molecule is C=CN1CC(C=Cc2ccccc2)CC1=O. The highest BCUT2D eigenvalue weighted by atomic mass is 16.2. The molecule has 1 aliphatic rings. The first-order chi connectivity index (χ1) is 7.79. The van der Waals surface area contributed by atoms with Crippen molar-refractivity contribution in [2.45, 2.75) is 6.42 Å². The van der Waals surface area contributed by atoms with Crippen molar-refractivity contribution < 1.29 is 4.79 Å². The Labute approximate surface area is 95.9 Å². The summed E-state index contributed by atoms with van der Waals surface area (Å²) in [6.45, 7) is 4.38. The lowest BCUT2D eigenvalue weighted by molar-refractivity contribution is -0.125. The molecule has 1 fully saturated rings. The highest BCUT2D eigenvalue weighted by Gasteiger charge is 2.25. The zero-order valence-electron chi connectivity index (χ0n) is 9.17. The van der Waals surface area contributed by atoms with Crippen molar-refractivity contribution in [2.75, 3.05) is 6.54 Å². The van der Waals surface area contributed by atoms with Gasteiger partial charge in [-0.25, -0.2) is 0 Å². The summed E-state index contributed by atoms with van der Waals surface area (Å²) in [7, 11) is 0. The zero-order chi connectivity index (χ0) is 11.4. The summed E-state index contributed by atoms with van der Waals surface area (Å²) < 4.78 is 0. The van der Waals surface area contributed by atoms with Gasteiger partial charge in [0.1, 0.15) is 0 Å². The number of nitrogens with zero attached hydrogens (tertiary/aromatic N) is 1. The predicted molar refractivity (Wildman–Crippen MR) is 65.5 cm³/mol. The van der Waals surface area contributed by atoms with Crippen LogP contribution in [-0.4, -0.2) is 17.4 Å². The van der Waals surface area contributed by atoms with Gasteiger partial charge >= 0.3 is 0 Å². The molecule has 82 valence electrons. The van der Waals surface area contributed by atoms with Gasteiger partial charge in [-0.15, -0.1) is 0 Å². The minimum Gasteiger partial charge on any atom is -0.319 e. The van der Waals surface area contributed by atoms with Crippen LogP contribution in [0.4, 0.5) is 0 Å². The molecule has 0 spiro atoms. The summed E-state index contributed by atoms with van der Waals surface area (Å²) in [5.74, 6) is 0.475. The normalized spacial score (nSPS) is 20.6. The third-order valence-corrected chi connectivity index (χ3v) is 2.77. The maximum atomic E-state index is 11.4. The van der Waals surface area contributed by atoms with Crippen LogP contribution in [0.2, 0.25) is 0 Å². The average molecular weight is 213 g/mol. The molecule has 2 nitrogen and oxygen atoms in total. The fraction of sp³-hybridized carbons (Fsp3) is 0.214. The molecule has 0 saturated carbocycles. The molecule has 1 aliphatic heterocycles. The topological polar surface area (TPSA) is 20.3 Å². The Morgan fingerprint density at radius 3 is 2.69 bits per heavy atom. The van der Waals surface area contributed by atoms with E-state index in [-0.39, 0.29) is 5.91 Å². The van der Waals surface area contributed by atoms with Crippen LogP contribution >= 0.6 is 0 Å². The summed E-state index contributed by atoms with van der Waals surface area (Å²) in [6.07, 6.45) is 6.38. The number of rotatable bonds is 3. The lowest BCUT2D eigenvalue weighted by Crippen LogP contribution is -2.17. The van der Waals surface area contributed by atoms with E-state index < -0.39 is 0 Å². The number of amides is 1. The number of likely N-dealkylation sites (tertiary alicyclic amines) is 1. The Kier molecular flexibility index (Phi) is 3.20. The van der Waals surface area contributed by atoms with Gasteiger partial charge in [-0.05, 0) is 11.8 Å². The van der Waals surface area contributed by atoms with Gasteiger partial charge in [-0.3, -0.25) is 4.79 Å². The molecule has 1 heterocycles. The Hall–Kier alpha value is -1.83. The molecule has 1 amide bonds. The average Bonchev–Trinajstić information content (AvgIpc) is 2.69. The van der Waals surface area contributed by atoms with Crippen LogP contribution in [0.3, 0.4) is 0 Å². The van der Waals surface area contributed by atoms with Crippen molar-refractivity contribution in [1.82, 2.24) is 4.90 Å². The van der Waals surface area contributed by atoms with Crippen molar-refractivity contribution in [3.63, 3.8) is 0 Å². The summed E-state index contributed by atoms with van der Waals surface area (Å²) in [6, 6.07) is 10.1. The van der Waals surface area contributed by atoms with Crippen LogP contribution in [-0.2, 0) is 4.79 Å². The molecule has 0 aromatic heterocycles. The molecule has 2 heteroatoms. The smallest absolute Gasteiger partial charge is 0.227 e. The van der Waals surface area contributed by atoms with Crippen molar-refractivity contribution in [2.24, 2.45) is 5.92 Å². The molecular weight excluding hydrogens is 198 g/mol. The quantitative estimate of drug-likeness (QED) is 0.756. The van der Waals surface area contributed by atoms with Gasteiger partial charge in [-0.1, -0.05) is 49.1 Å². The molecule has 0 aliphatic carbocycles. The van der Waals surface area contributed by atoms with Crippen molar-refractivity contribution in [1.29, 1.82) is 0 Å². The van der Waals surface area contributed by atoms with Gasteiger partial charge in [0, 0.05) is 18.9 Å². The van der Waals surface area contributed by atoms with E-state index in [0.29, 0.717) is 12.3 Å². The Bertz CT molecular complexity index is 408. The van der Waals surface area contributed by atoms with Crippen molar-refractivity contribution in [3.05, 3.63) is 54.8 Å². The van der Waals surface area contributed by atoms with E-state index in [1.807, 2.05) is 18.2 Å². The van der Waals surface area contributed by atoms with Crippen molar-refractivity contribution >= 4 is 12.0 Å². The maximum absolute atomic E-state index is 11.4. The van der Waals surface area contributed by atoms with Crippen LogP contribution in [0.5, 0.6) is 0 Å². The van der Waals surface area contributed by atoms with Gasteiger partial charge in [-0.2, -0.15) is 0 Å². The first-order valence-corrected chi connectivity index (χ1v) is 5.45. The molecule has 0 radical (unpaired) electrons. The number of carbonyl (C=O) groups excluding carboxylic acids is 1. The first-order valence-electron chi connectivity index (χ1n) is 5.45. The third kappa shape index (κ3) is 2.40. The van der Waals surface area contributed by atoms with E-state index in [0.717, 1.165) is 6.54 Å². The number of benzene rings is 1. The summed E-state index contributed by atoms with van der Waals surface area (Å²) in [5.41, 5.74) is 1.17. The summed E-state index contributed by atoms with van der Waals surface area (Å²) in [4.78, 5) is 13.1.